The van der Waals surface area contributed by atoms with Crippen LogP contribution in [0.25, 0.3) is 0 Å². The van der Waals surface area contributed by atoms with Gasteiger partial charge in [0.05, 0.1) is 0 Å². The van der Waals surface area contributed by atoms with Gasteiger partial charge in [0.1, 0.15) is 16.2 Å². The highest BCUT2D eigenvalue weighted by Crippen LogP contribution is 2.25. The second-order valence-corrected chi connectivity index (χ2v) is 7.38. The van der Waals surface area contributed by atoms with Gasteiger partial charge >= 0.3 is 0 Å². The molecule has 0 aliphatic heterocycles. The lowest BCUT2D eigenvalue weighted by molar-refractivity contribution is 0.0666. The van der Waals surface area contributed by atoms with Gasteiger partial charge in [-0.25, -0.2) is 13.1 Å². The van der Waals surface area contributed by atoms with Crippen LogP contribution < -0.4 is 4.72 Å². The van der Waals surface area contributed by atoms with Crippen molar-refractivity contribution < 1.29 is 18.0 Å². The molecule has 2 aromatic rings. The third-order valence-electron chi connectivity index (χ3n) is 2.90. The topological polar surface area (TPSA) is 92.4 Å². The molecule has 0 saturated heterocycles. The zero-order valence-electron chi connectivity index (χ0n) is 11.4. The lowest BCUT2D eigenvalue weighted by Gasteiger charge is -2.22. The van der Waals surface area contributed by atoms with Crippen LogP contribution in [0.15, 0.2) is 26.9 Å². The van der Waals surface area contributed by atoms with Gasteiger partial charge in [0.2, 0.25) is 10.0 Å². The summed E-state index contributed by atoms with van der Waals surface area (Å²) in [6, 6.07) is 3.56. The van der Waals surface area contributed by atoms with E-state index in [1.165, 1.54) is 18.3 Å². The molecule has 0 radical (unpaired) electrons. The molecule has 1 unspecified atom stereocenters. The molecule has 0 bridgehead atoms. The van der Waals surface area contributed by atoms with Gasteiger partial charge in [0.25, 0.3) is 0 Å². The fraction of sp³-hybridized carbons (Fsp3) is 0.417. The normalized spacial score (nSPS) is 15.2. The van der Waals surface area contributed by atoms with Crippen LogP contribution in [-0.4, -0.2) is 25.2 Å². The molecular formula is C12H16N2O4S2. The first-order valence-corrected chi connectivity index (χ1v) is 8.29. The van der Waals surface area contributed by atoms with Crippen LogP contribution in [0.2, 0.25) is 0 Å². The van der Waals surface area contributed by atoms with Crippen molar-refractivity contribution in [1.29, 1.82) is 0 Å². The first-order valence-electron chi connectivity index (χ1n) is 5.93. The molecule has 0 amide bonds. The van der Waals surface area contributed by atoms with Crippen molar-refractivity contribution >= 4 is 21.4 Å². The van der Waals surface area contributed by atoms with Gasteiger partial charge < -0.3 is 9.63 Å². The Morgan fingerprint density at radius 1 is 1.50 bits per heavy atom. The zero-order chi connectivity index (χ0) is 15.0. The Hall–Kier alpha value is -1.22. The predicted molar refractivity (Wildman–Crippen MR) is 75.1 cm³/mol. The Morgan fingerprint density at radius 2 is 2.20 bits per heavy atom. The van der Waals surface area contributed by atoms with Crippen LogP contribution in [0.5, 0.6) is 0 Å². The van der Waals surface area contributed by atoms with Crippen molar-refractivity contribution in [3.8, 4) is 0 Å². The molecule has 8 heteroatoms. The number of aryl methyl sites for hydroxylation is 2. The lowest BCUT2D eigenvalue weighted by atomic mass is 10.1. The van der Waals surface area contributed by atoms with Gasteiger partial charge in [0, 0.05) is 11.4 Å². The number of thiophene rings is 1. The Balaban J connectivity index is 2.19. The molecule has 110 valence electrons. The minimum atomic E-state index is -3.76. The summed E-state index contributed by atoms with van der Waals surface area (Å²) in [6.07, 6.45) is 0. The third-order valence-corrected chi connectivity index (χ3v) is 5.66. The highest BCUT2D eigenvalue weighted by molar-refractivity contribution is 7.89. The van der Waals surface area contributed by atoms with Crippen LogP contribution in [0.1, 0.15) is 23.3 Å². The van der Waals surface area contributed by atoms with E-state index in [1.54, 1.807) is 26.0 Å². The smallest absolute Gasteiger partial charge is 0.246 e. The third kappa shape index (κ3) is 2.93. The fourth-order valence-corrected chi connectivity index (χ4v) is 4.08. The first kappa shape index (κ1) is 15.2. The molecule has 1 atom stereocenters. The minimum Gasteiger partial charge on any atom is -0.383 e. The predicted octanol–water partition coefficient (Wildman–Crippen LogP) is 1.54. The largest absolute Gasteiger partial charge is 0.383 e. The monoisotopic (exact) mass is 316 g/mol. The number of hydrogen-bond acceptors (Lipinski definition) is 6. The van der Waals surface area contributed by atoms with Crippen LogP contribution in [0.3, 0.4) is 0 Å². The lowest BCUT2D eigenvalue weighted by Crippen LogP contribution is -2.38. The standard InChI is InChI=1S/C12H16N2O4S2/c1-8-11(9(2)18-14-8)20(16,17)13-7-12(3,15)10-5-4-6-19-10/h4-6,13,15H,7H2,1-3H3. The van der Waals surface area contributed by atoms with Crippen LogP contribution in [0, 0.1) is 13.8 Å². The van der Waals surface area contributed by atoms with Gasteiger partial charge in [-0.15, -0.1) is 11.3 Å². The molecule has 0 fully saturated rings. The Labute approximate surface area is 121 Å². The summed E-state index contributed by atoms with van der Waals surface area (Å²) in [5.41, 5.74) is -0.967. The molecule has 2 N–H and O–H groups in total. The summed E-state index contributed by atoms with van der Waals surface area (Å²) in [4.78, 5) is 0.721. The van der Waals surface area contributed by atoms with E-state index in [2.05, 4.69) is 9.88 Å². The Bertz CT molecular complexity index is 668. The van der Waals surface area contributed by atoms with E-state index < -0.39 is 15.6 Å². The molecular weight excluding hydrogens is 300 g/mol. The summed E-state index contributed by atoms with van der Waals surface area (Å²) in [5, 5.41) is 15.8. The second kappa shape index (κ2) is 5.28. The van der Waals surface area contributed by atoms with Crippen LogP contribution in [-0.2, 0) is 15.6 Å². The van der Waals surface area contributed by atoms with E-state index >= 15 is 0 Å². The van der Waals surface area contributed by atoms with E-state index in [0.29, 0.717) is 10.6 Å². The van der Waals surface area contributed by atoms with Crippen molar-refractivity contribution in [2.24, 2.45) is 0 Å². The van der Waals surface area contributed by atoms with E-state index in [-0.39, 0.29) is 17.2 Å². The van der Waals surface area contributed by atoms with E-state index in [9.17, 15) is 13.5 Å². The first-order chi connectivity index (χ1) is 9.24. The number of hydrogen-bond donors (Lipinski definition) is 2. The molecule has 0 aliphatic carbocycles. The van der Waals surface area contributed by atoms with Gasteiger partial charge in [-0.2, -0.15) is 0 Å². The fourth-order valence-electron chi connectivity index (χ4n) is 1.84. The highest BCUT2D eigenvalue weighted by atomic mass is 32.2. The molecule has 0 saturated carbocycles. The van der Waals surface area contributed by atoms with Crippen molar-refractivity contribution in [3.05, 3.63) is 33.8 Å². The van der Waals surface area contributed by atoms with E-state index in [0.717, 1.165) is 0 Å². The average molecular weight is 316 g/mol. The van der Waals surface area contributed by atoms with Crippen LogP contribution >= 0.6 is 11.3 Å². The quantitative estimate of drug-likeness (QED) is 0.873. The number of sulfonamides is 1. The number of nitrogens with zero attached hydrogens (tertiary/aromatic N) is 1. The average Bonchev–Trinajstić information content (AvgIpc) is 2.98. The molecule has 2 aromatic heterocycles. The molecule has 20 heavy (non-hydrogen) atoms. The van der Waals surface area contributed by atoms with Crippen LogP contribution in [0.4, 0.5) is 0 Å². The van der Waals surface area contributed by atoms with Gasteiger partial charge in [-0.3, -0.25) is 0 Å². The van der Waals surface area contributed by atoms with Crippen molar-refractivity contribution in [3.63, 3.8) is 0 Å². The van der Waals surface area contributed by atoms with Gasteiger partial charge in [-0.1, -0.05) is 11.2 Å². The molecule has 2 rings (SSSR count). The zero-order valence-corrected chi connectivity index (χ0v) is 13.0. The van der Waals surface area contributed by atoms with Crippen molar-refractivity contribution in [2.45, 2.75) is 31.3 Å². The van der Waals surface area contributed by atoms with Gasteiger partial charge in [-0.05, 0) is 32.2 Å². The Morgan fingerprint density at radius 3 is 2.70 bits per heavy atom. The minimum absolute atomic E-state index is 0.0273. The maximum Gasteiger partial charge on any atom is 0.246 e. The van der Waals surface area contributed by atoms with Crippen molar-refractivity contribution in [1.82, 2.24) is 9.88 Å². The second-order valence-electron chi connectivity index (χ2n) is 4.73. The number of aliphatic hydroxyl groups is 1. The number of nitrogens with one attached hydrogen (secondary N) is 1. The summed E-state index contributed by atoms with van der Waals surface area (Å²) >= 11 is 1.37. The number of rotatable bonds is 5. The maximum atomic E-state index is 12.2. The maximum absolute atomic E-state index is 12.2. The summed E-state index contributed by atoms with van der Waals surface area (Å²) in [7, 11) is -3.76. The van der Waals surface area contributed by atoms with Gasteiger partial charge in [0.15, 0.2) is 5.76 Å². The number of aromatic nitrogens is 1. The SMILES string of the molecule is Cc1noc(C)c1S(=O)(=O)NCC(C)(O)c1cccs1. The molecule has 0 aromatic carbocycles. The summed E-state index contributed by atoms with van der Waals surface area (Å²) in [6.45, 7) is 4.53. The summed E-state index contributed by atoms with van der Waals surface area (Å²) in [5.74, 6) is 0.228. The highest BCUT2D eigenvalue weighted by Gasteiger charge is 2.30. The van der Waals surface area contributed by atoms with Crippen molar-refractivity contribution in [2.75, 3.05) is 6.54 Å². The Kier molecular flexibility index (Phi) is 4.01. The van der Waals surface area contributed by atoms with E-state index in [4.69, 9.17) is 4.52 Å². The molecule has 0 spiro atoms. The van der Waals surface area contributed by atoms with E-state index in [1.807, 2.05) is 5.38 Å². The molecule has 2 heterocycles. The molecule has 0 aliphatic rings. The molecule has 6 nitrogen and oxygen atoms in total. The summed E-state index contributed by atoms with van der Waals surface area (Å²) < 4.78 is 31.7.